The lowest BCUT2D eigenvalue weighted by molar-refractivity contribution is -0.199. The number of nitrogens with one attached hydrogen (secondary N) is 1. The number of ether oxygens (including phenoxy) is 1. The molecule has 4 nitrogen and oxygen atoms in total. The van der Waals surface area contributed by atoms with Gasteiger partial charge in [-0.1, -0.05) is 34.6 Å². The van der Waals surface area contributed by atoms with E-state index in [4.69, 9.17) is 4.74 Å². The van der Waals surface area contributed by atoms with Crippen LogP contribution in [0.1, 0.15) is 86.5 Å². The minimum Gasteiger partial charge on any atom is -0.458 e. The summed E-state index contributed by atoms with van der Waals surface area (Å²) in [4.78, 5) is 13.2. The van der Waals surface area contributed by atoms with Gasteiger partial charge in [0.2, 0.25) is 0 Å². The summed E-state index contributed by atoms with van der Waals surface area (Å²) >= 11 is 0. The molecule has 4 heteroatoms. The lowest BCUT2D eigenvalue weighted by atomic mass is 9.60. The highest BCUT2D eigenvalue weighted by molar-refractivity contribution is 5.81. The van der Waals surface area contributed by atoms with Gasteiger partial charge < -0.3 is 15.2 Å². The molecule has 5 unspecified atom stereocenters. The molecule has 25 heavy (non-hydrogen) atoms. The number of rotatable bonds is 5. The number of hydrogen-bond acceptors (Lipinski definition) is 4. The fourth-order valence-electron chi connectivity index (χ4n) is 5.51. The first kappa shape index (κ1) is 20.7. The zero-order valence-corrected chi connectivity index (χ0v) is 17.4. The van der Waals surface area contributed by atoms with Gasteiger partial charge in [0.25, 0.3) is 0 Å². The second kappa shape index (κ2) is 6.84. The molecule has 0 aromatic heterocycles. The lowest BCUT2D eigenvalue weighted by Crippen LogP contribution is -2.58. The Morgan fingerprint density at radius 2 is 1.88 bits per heavy atom. The van der Waals surface area contributed by atoms with Crippen LogP contribution in [0.3, 0.4) is 0 Å². The summed E-state index contributed by atoms with van der Waals surface area (Å²) in [5, 5.41) is 14.2. The average molecular weight is 354 g/mol. The van der Waals surface area contributed by atoms with E-state index in [1.807, 2.05) is 20.9 Å². The molecule has 2 rings (SSSR count). The van der Waals surface area contributed by atoms with Crippen LogP contribution in [0.5, 0.6) is 0 Å². The van der Waals surface area contributed by atoms with Gasteiger partial charge in [0, 0.05) is 6.42 Å². The molecule has 0 aromatic rings. The lowest BCUT2D eigenvalue weighted by Gasteiger charge is -2.53. The molecule has 0 aliphatic heterocycles. The Bertz CT molecular complexity index is 496. The fraction of sp³-hybridized carbons (Fsp3) is 0.952. The Labute approximate surface area is 154 Å². The van der Waals surface area contributed by atoms with Crippen LogP contribution in [0.15, 0.2) is 0 Å². The highest BCUT2D eigenvalue weighted by atomic mass is 16.6. The van der Waals surface area contributed by atoms with Crippen LogP contribution in [0.4, 0.5) is 0 Å². The smallest absolute Gasteiger partial charge is 0.326 e. The SMILES string of the molecule is CCC1(O)CC2CC(C)CC(OC(=O)C(C)(CC(C)(C)C)NC)(C2)C1. The normalized spacial score (nSPS) is 38.1. The second-order valence-electron chi connectivity index (χ2n) is 10.5. The average Bonchev–Trinajstić information content (AvgIpc) is 2.43. The van der Waals surface area contributed by atoms with Crippen molar-refractivity contribution < 1.29 is 14.6 Å². The third kappa shape index (κ3) is 4.77. The minimum absolute atomic E-state index is 0.0214. The molecule has 2 bridgehead atoms. The molecule has 0 amide bonds. The van der Waals surface area contributed by atoms with Crippen molar-refractivity contribution in [2.24, 2.45) is 17.3 Å². The molecule has 146 valence electrons. The Balaban J connectivity index is 2.23. The molecule has 0 aromatic carbocycles. The molecule has 0 heterocycles. The summed E-state index contributed by atoms with van der Waals surface area (Å²) in [5.41, 5.74) is -1.87. The number of fused-ring (bicyclic) bond motifs is 2. The highest BCUT2D eigenvalue weighted by Gasteiger charge is 2.54. The Hall–Kier alpha value is -0.610. The first-order valence-electron chi connectivity index (χ1n) is 9.99. The van der Waals surface area contributed by atoms with E-state index in [0.717, 1.165) is 32.1 Å². The third-order valence-electron chi connectivity index (χ3n) is 6.29. The molecule has 2 aliphatic rings. The van der Waals surface area contributed by atoms with Gasteiger partial charge in [-0.05, 0) is 69.7 Å². The summed E-state index contributed by atoms with van der Waals surface area (Å²) in [6, 6.07) is 0. The molecular weight excluding hydrogens is 314 g/mol. The van der Waals surface area contributed by atoms with Crippen molar-refractivity contribution in [3.05, 3.63) is 0 Å². The van der Waals surface area contributed by atoms with Crippen molar-refractivity contribution in [2.45, 2.75) is 103 Å². The van der Waals surface area contributed by atoms with Gasteiger partial charge in [0.1, 0.15) is 11.1 Å². The summed E-state index contributed by atoms with van der Waals surface area (Å²) in [5.74, 6) is 0.827. The van der Waals surface area contributed by atoms with Crippen LogP contribution in [0.2, 0.25) is 0 Å². The van der Waals surface area contributed by atoms with Gasteiger partial charge in [-0.2, -0.15) is 0 Å². The van der Waals surface area contributed by atoms with Crippen LogP contribution < -0.4 is 5.32 Å². The summed E-state index contributed by atoms with van der Waals surface area (Å²) in [6.45, 7) is 12.7. The van der Waals surface area contributed by atoms with Crippen LogP contribution in [-0.2, 0) is 9.53 Å². The van der Waals surface area contributed by atoms with E-state index in [0.29, 0.717) is 24.7 Å². The molecule has 2 saturated carbocycles. The molecule has 2 N–H and O–H groups in total. The molecule has 2 fully saturated rings. The molecule has 0 spiro atoms. The minimum atomic E-state index is -0.703. The predicted molar refractivity (Wildman–Crippen MR) is 101 cm³/mol. The monoisotopic (exact) mass is 353 g/mol. The predicted octanol–water partition coefficient (Wildman–Crippen LogP) is 4.05. The van der Waals surface area contributed by atoms with Gasteiger partial charge in [-0.15, -0.1) is 0 Å². The maximum absolute atomic E-state index is 13.2. The largest absolute Gasteiger partial charge is 0.458 e. The quantitative estimate of drug-likeness (QED) is 0.732. The van der Waals surface area contributed by atoms with Crippen molar-refractivity contribution in [3.8, 4) is 0 Å². The Morgan fingerprint density at radius 3 is 2.40 bits per heavy atom. The third-order valence-corrected chi connectivity index (χ3v) is 6.29. The first-order valence-corrected chi connectivity index (χ1v) is 9.99. The zero-order valence-electron chi connectivity index (χ0n) is 17.4. The molecule has 5 atom stereocenters. The van der Waals surface area contributed by atoms with Crippen molar-refractivity contribution >= 4 is 5.97 Å². The number of carbonyl (C=O) groups is 1. The number of aliphatic hydroxyl groups is 1. The van der Waals surface area contributed by atoms with Crippen LogP contribution >= 0.6 is 0 Å². The Kier molecular flexibility index (Phi) is 5.67. The van der Waals surface area contributed by atoms with E-state index >= 15 is 0 Å². The zero-order chi connectivity index (χ0) is 19.1. The Morgan fingerprint density at radius 1 is 1.24 bits per heavy atom. The fourth-order valence-corrected chi connectivity index (χ4v) is 5.51. The van der Waals surface area contributed by atoms with E-state index in [-0.39, 0.29) is 11.4 Å². The van der Waals surface area contributed by atoms with Gasteiger partial charge in [-0.25, -0.2) is 0 Å². The number of likely N-dealkylation sites (N-methyl/N-ethyl adjacent to an activating group) is 1. The van der Waals surface area contributed by atoms with Gasteiger partial charge in [-0.3, -0.25) is 4.79 Å². The van der Waals surface area contributed by atoms with E-state index in [1.165, 1.54) is 0 Å². The maximum Gasteiger partial charge on any atom is 0.326 e. The molecule has 0 radical (unpaired) electrons. The van der Waals surface area contributed by atoms with Crippen LogP contribution in [-0.4, -0.2) is 34.9 Å². The highest BCUT2D eigenvalue weighted by Crippen LogP contribution is 2.52. The van der Waals surface area contributed by atoms with Crippen molar-refractivity contribution in [3.63, 3.8) is 0 Å². The van der Waals surface area contributed by atoms with E-state index in [1.54, 1.807) is 0 Å². The topological polar surface area (TPSA) is 58.6 Å². The molecule has 0 saturated heterocycles. The van der Waals surface area contributed by atoms with Crippen LogP contribution in [0.25, 0.3) is 0 Å². The van der Waals surface area contributed by atoms with Crippen molar-refractivity contribution in [2.75, 3.05) is 7.05 Å². The van der Waals surface area contributed by atoms with Gasteiger partial charge >= 0.3 is 5.97 Å². The number of hydrogen-bond donors (Lipinski definition) is 2. The maximum atomic E-state index is 13.2. The van der Waals surface area contributed by atoms with E-state index < -0.39 is 16.7 Å². The number of esters is 1. The molecule has 2 aliphatic carbocycles. The van der Waals surface area contributed by atoms with Gasteiger partial charge in [0.15, 0.2) is 0 Å². The summed E-state index contributed by atoms with van der Waals surface area (Å²) in [6.07, 6.45) is 5.77. The van der Waals surface area contributed by atoms with Gasteiger partial charge in [0.05, 0.1) is 5.60 Å². The van der Waals surface area contributed by atoms with Crippen molar-refractivity contribution in [1.29, 1.82) is 0 Å². The second-order valence-corrected chi connectivity index (χ2v) is 10.5. The first-order chi connectivity index (χ1) is 11.3. The molecular formula is C21H39NO3. The number of carbonyl (C=O) groups excluding carboxylic acids is 1. The van der Waals surface area contributed by atoms with E-state index in [9.17, 15) is 9.90 Å². The summed E-state index contributed by atoms with van der Waals surface area (Å²) < 4.78 is 6.26. The van der Waals surface area contributed by atoms with Crippen LogP contribution in [0, 0.1) is 17.3 Å². The standard InChI is InChI=1S/C21H39NO3/c1-8-20(24)11-16-9-15(2)10-21(12-16,14-20)25-17(23)19(6,22-7)13-18(3,4)5/h15-16,22,24H,8-14H2,1-7H3. The van der Waals surface area contributed by atoms with E-state index in [2.05, 4.69) is 33.0 Å². The van der Waals surface area contributed by atoms with Crippen molar-refractivity contribution in [1.82, 2.24) is 5.32 Å². The summed E-state index contributed by atoms with van der Waals surface area (Å²) in [7, 11) is 1.83.